The van der Waals surface area contributed by atoms with Gasteiger partial charge in [-0.25, -0.2) is 5.10 Å². The Morgan fingerprint density at radius 1 is 1.32 bits per heavy atom. The molecular weight excluding hydrogens is 300 g/mol. The smallest absolute Gasteiger partial charge is 0.216 e. The summed E-state index contributed by atoms with van der Waals surface area (Å²) in [4.78, 5) is 0. The van der Waals surface area contributed by atoms with E-state index >= 15 is 0 Å². The molecule has 0 saturated carbocycles. The van der Waals surface area contributed by atoms with Crippen molar-refractivity contribution in [2.75, 3.05) is 7.11 Å². The van der Waals surface area contributed by atoms with Crippen LogP contribution in [0.15, 0.2) is 45.9 Å². The summed E-state index contributed by atoms with van der Waals surface area (Å²) in [6, 6.07) is 11.3. The van der Waals surface area contributed by atoms with Crippen molar-refractivity contribution in [3.05, 3.63) is 52.7 Å². The first-order valence-electron chi connectivity index (χ1n) is 6.60. The molecule has 1 N–H and O–H groups in total. The molecule has 0 atom stereocenters. The summed E-state index contributed by atoms with van der Waals surface area (Å²) >= 11 is 5.23. The molecule has 112 valence electrons. The first-order valence-corrected chi connectivity index (χ1v) is 7.01. The SMILES string of the molecule is COc1ccccc1-c1n[nH]c(=S)n1/N=C/c1ccc(C)o1. The van der Waals surface area contributed by atoms with Crippen molar-refractivity contribution < 1.29 is 9.15 Å². The van der Waals surface area contributed by atoms with Crippen molar-refractivity contribution in [1.29, 1.82) is 0 Å². The lowest BCUT2D eigenvalue weighted by Crippen LogP contribution is -1.96. The molecule has 1 aromatic carbocycles. The maximum absolute atomic E-state index is 5.46. The van der Waals surface area contributed by atoms with Crippen LogP contribution >= 0.6 is 12.2 Å². The van der Waals surface area contributed by atoms with Crippen LogP contribution in [0.3, 0.4) is 0 Å². The summed E-state index contributed by atoms with van der Waals surface area (Å²) in [5, 5.41) is 11.3. The van der Waals surface area contributed by atoms with Gasteiger partial charge in [-0.1, -0.05) is 12.1 Å². The van der Waals surface area contributed by atoms with Gasteiger partial charge in [0.25, 0.3) is 0 Å². The number of para-hydroxylation sites is 1. The number of hydrogen-bond acceptors (Lipinski definition) is 5. The van der Waals surface area contributed by atoms with Gasteiger partial charge in [-0.15, -0.1) is 0 Å². The number of rotatable bonds is 4. The van der Waals surface area contributed by atoms with Gasteiger partial charge in [0.2, 0.25) is 4.77 Å². The van der Waals surface area contributed by atoms with Crippen LogP contribution in [0.1, 0.15) is 11.5 Å². The zero-order chi connectivity index (χ0) is 15.5. The number of benzene rings is 1. The third-order valence-electron chi connectivity index (χ3n) is 3.06. The lowest BCUT2D eigenvalue weighted by atomic mass is 10.2. The van der Waals surface area contributed by atoms with Crippen LogP contribution in [0.4, 0.5) is 0 Å². The fraction of sp³-hybridized carbons (Fsp3) is 0.133. The highest BCUT2D eigenvalue weighted by molar-refractivity contribution is 7.71. The summed E-state index contributed by atoms with van der Waals surface area (Å²) in [6.07, 6.45) is 1.59. The van der Waals surface area contributed by atoms with Crippen molar-refractivity contribution in [1.82, 2.24) is 14.9 Å². The molecule has 0 unspecified atom stereocenters. The van der Waals surface area contributed by atoms with E-state index in [1.165, 1.54) is 4.68 Å². The molecule has 0 aliphatic carbocycles. The lowest BCUT2D eigenvalue weighted by molar-refractivity contribution is 0.416. The van der Waals surface area contributed by atoms with Crippen molar-refractivity contribution in [2.24, 2.45) is 5.10 Å². The van der Waals surface area contributed by atoms with Crippen LogP contribution < -0.4 is 4.74 Å². The first kappa shape index (κ1) is 14.3. The normalized spacial score (nSPS) is 11.2. The van der Waals surface area contributed by atoms with Gasteiger partial charge in [0.15, 0.2) is 5.82 Å². The van der Waals surface area contributed by atoms with Gasteiger partial charge >= 0.3 is 0 Å². The Morgan fingerprint density at radius 2 is 2.14 bits per heavy atom. The van der Waals surface area contributed by atoms with Gasteiger partial charge < -0.3 is 9.15 Å². The Kier molecular flexibility index (Phi) is 3.88. The molecule has 2 heterocycles. The Morgan fingerprint density at radius 3 is 2.86 bits per heavy atom. The van der Waals surface area contributed by atoms with Crippen molar-refractivity contribution in [3.63, 3.8) is 0 Å². The Balaban J connectivity index is 2.04. The Hall–Kier alpha value is -2.67. The van der Waals surface area contributed by atoms with Crippen LogP contribution in [-0.2, 0) is 0 Å². The number of ether oxygens (including phenoxy) is 1. The number of H-pyrrole nitrogens is 1. The van der Waals surface area contributed by atoms with E-state index in [1.54, 1.807) is 13.3 Å². The fourth-order valence-electron chi connectivity index (χ4n) is 2.04. The molecule has 2 aromatic heterocycles. The minimum absolute atomic E-state index is 0.389. The van der Waals surface area contributed by atoms with Crippen LogP contribution in [-0.4, -0.2) is 28.2 Å². The fourth-order valence-corrected chi connectivity index (χ4v) is 2.22. The summed E-state index contributed by atoms with van der Waals surface area (Å²) < 4.78 is 12.7. The van der Waals surface area contributed by atoms with E-state index in [0.717, 1.165) is 11.3 Å². The van der Waals surface area contributed by atoms with Crippen molar-refractivity contribution in [2.45, 2.75) is 6.92 Å². The van der Waals surface area contributed by atoms with Gasteiger partial charge in [-0.2, -0.15) is 14.9 Å². The van der Waals surface area contributed by atoms with E-state index in [4.69, 9.17) is 21.4 Å². The predicted molar refractivity (Wildman–Crippen MR) is 85.8 cm³/mol. The van der Waals surface area contributed by atoms with Gasteiger partial charge in [0, 0.05) is 0 Å². The van der Waals surface area contributed by atoms with E-state index < -0.39 is 0 Å². The minimum Gasteiger partial charge on any atom is -0.496 e. The monoisotopic (exact) mass is 314 g/mol. The predicted octanol–water partition coefficient (Wildman–Crippen LogP) is 3.40. The second-order valence-corrected chi connectivity index (χ2v) is 4.94. The Labute approximate surface area is 132 Å². The van der Waals surface area contributed by atoms with Crippen LogP contribution in [0.5, 0.6) is 5.75 Å². The molecule has 6 nitrogen and oxygen atoms in total. The molecule has 0 saturated heterocycles. The van der Waals surface area contributed by atoms with Gasteiger partial charge in [0.1, 0.15) is 17.3 Å². The van der Waals surface area contributed by atoms with Gasteiger partial charge in [-0.05, 0) is 43.4 Å². The van der Waals surface area contributed by atoms with Crippen LogP contribution in [0.25, 0.3) is 11.4 Å². The maximum atomic E-state index is 5.46. The molecule has 22 heavy (non-hydrogen) atoms. The first-order chi connectivity index (χ1) is 10.7. The zero-order valence-corrected chi connectivity index (χ0v) is 12.9. The largest absolute Gasteiger partial charge is 0.496 e. The highest BCUT2D eigenvalue weighted by Crippen LogP contribution is 2.27. The standard InChI is InChI=1S/C15H14N4O2S/c1-10-7-8-11(21-10)9-16-19-14(17-18-15(19)22)12-5-3-4-6-13(12)20-2/h3-9H,1-2H3,(H,18,22)/b16-9+. The van der Waals surface area contributed by atoms with Gasteiger partial charge in [-0.3, -0.25) is 0 Å². The third-order valence-corrected chi connectivity index (χ3v) is 3.32. The maximum Gasteiger partial charge on any atom is 0.216 e. The number of aromatic nitrogens is 3. The van der Waals surface area contributed by atoms with E-state index in [9.17, 15) is 0 Å². The van der Waals surface area contributed by atoms with E-state index in [-0.39, 0.29) is 0 Å². The summed E-state index contributed by atoms with van der Waals surface area (Å²) in [6.45, 7) is 1.88. The highest BCUT2D eigenvalue weighted by Gasteiger charge is 2.12. The molecule has 3 aromatic rings. The topological polar surface area (TPSA) is 68.3 Å². The van der Waals surface area contributed by atoms with Crippen LogP contribution in [0.2, 0.25) is 0 Å². The molecule has 0 radical (unpaired) electrons. The molecule has 0 spiro atoms. The molecule has 0 amide bonds. The molecule has 0 aliphatic rings. The average Bonchev–Trinajstić information content (AvgIpc) is 3.11. The number of aryl methyl sites for hydroxylation is 1. The summed E-state index contributed by atoms with van der Waals surface area (Å²) in [5.74, 6) is 2.73. The lowest BCUT2D eigenvalue weighted by Gasteiger charge is -2.06. The number of nitrogens with zero attached hydrogens (tertiary/aromatic N) is 3. The molecule has 0 bridgehead atoms. The molecule has 7 heteroatoms. The van der Waals surface area contributed by atoms with Crippen LogP contribution in [0, 0.1) is 11.7 Å². The van der Waals surface area contributed by atoms with Crippen molar-refractivity contribution in [3.8, 4) is 17.1 Å². The second-order valence-electron chi connectivity index (χ2n) is 4.56. The Bertz CT molecular complexity index is 876. The van der Waals surface area contributed by atoms with E-state index in [1.807, 2.05) is 43.3 Å². The zero-order valence-electron chi connectivity index (χ0n) is 12.1. The molecule has 0 fully saturated rings. The molecule has 0 aliphatic heterocycles. The van der Waals surface area contributed by atoms with Gasteiger partial charge in [0.05, 0.1) is 18.9 Å². The number of hydrogen-bond donors (Lipinski definition) is 1. The summed E-state index contributed by atoms with van der Waals surface area (Å²) in [7, 11) is 1.61. The minimum atomic E-state index is 0.389. The molecule has 3 rings (SSSR count). The van der Waals surface area contributed by atoms with E-state index in [2.05, 4.69) is 15.3 Å². The number of aromatic amines is 1. The van der Waals surface area contributed by atoms with E-state index in [0.29, 0.717) is 22.1 Å². The highest BCUT2D eigenvalue weighted by atomic mass is 32.1. The summed E-state index contributed by atoms with van der Waals surface area (Å²) in [5.41, 5.74) is 0.796. The third kappa shape index (κ3) is 2.71. The number of methoxy groups -OCH3 is 1. The van der Waals surface area contributed by atoms with Crippen molar-refractivity contribution >= 4 is 18.4 Å². The second kappa shape index (κ2) is 5.98. The number of furan rings is 1. The number of nitrogens with one attached hydrogen (secondary N) is 1. The quantitative estimate of drug-likeness (QED) is 0.592. The average molecular weight is 314 g/mol. The molecular formula is C15H14N4O2S.